The molecule has 0 saturated carbocycles. The fraction of sp³-hybridized carbons (Fsp3) is 0.115. The van der Waals surface area contributed by atoms with Gasteiger partial charge < -0.3 is 10.3 Å². The average Bonchev–Trinajstić information content (AvgIpc) is 3.53. The molecule has 6 aromatic heterocycles. The van der Waals surface area contributed by atoms with Gasteiger partial charge in [0.15, 0.2) is 11.5 Å². The topological polar surface area (TPSA) is 138 Å². The first-order chi connectivity index (χ1) is 17.6. The largest absolute Gasteiger partial charge is 0.335 e. The maximum atomic E-state index is 12.1. The summed E-state index contributed by atoms with van der Waals surface area (Å²) in [5.41, 5.74) is 7.60. The van der Waals surface area contributed by atoms with Crippen LogP contribution in [0.5, 0.6) is 0 Å². The summed E-state index contributed by atoms with van der Waals surface area (Å²) in [6, 6.07) is 9.51. The van der Waals surface area contributed by atoms with Crippen LogP contribution in [-0.4, -0.2) is 46.0 Å². The average molecular weight is 476 g/mol. The Bertz CT molecular complexity index is 1720. The van der Waals surface area contributed by atoms with Crippen LogP contribution in [0.2, 0.25) is 0 Å². The lowest BCUT2D eigenvalue weighted by Crippen LogP contribution is -2.17. The first-order valence-electron chi connectivity index (χ1n) is 11.4. The zero-order valence-corrected chi connectivity index (χ0v) is 19.5. The van der Waals surface area contributed by atoms with E-state index >= 15 is 0 Å². The molecule has 0 aliphatic rings. The van der Waals surface area contributed by atoms with Crippen LogP contribution in [0.3, 0.4) is 0 Å². The maximum absolute atomic E-state index is 12.1. The normalized spacial score (nSPS) is 11.4. The van der Waals surface area contributed by atoms with Crippen LogP contribution in [0.4, 0.5) is 5.69 Å². The Balaban J connectivity index is 1.41. The van der Waals surface area contributed by atoms with Crippen molar-refractivity contribution in [3.8, 4) is 33.9 Å². The van der Waals surface area contributed by atoms with Crippen LogP contribution in [0, 0.1) is 5.92 Å². The highest BCUT2D eigenvalue weighted by Crippen LogP contribution is 2.31. The number of carbonyl (C=O) groups is 1. The molecule has 36 heavy (non-hydrogen) atoms. The van der Waals surface area contributed by atoms with Crippen molar-refractivity contribution in [2.45, 2.75) is 13.8 Å². The number of anilines is 1. The van der Waals surface area contributed by atoms with Crippen molar-refractivity contribution in [1.29, 1.82) is 0 Å². The summed E-state index contributed by atoms with van der Waals surface area (Å²) in [4.78, 5) is 37.9. The van der Waals surface area contributed by atoms with Crippen molar-refractivity contribution in [2.24, 2.45) is 5.92 Å². The number of hydrogen-bond donors (Lipinski definition) is 3. The van der Waals surface area contributed by atoms with Gasteiger partial charge in [-0.3, -0.25) is 24.8 Å². The van der Waals surface area contributed by atoms with Gasteiger partial charge in [-0.05, 0) is 35.9 Å². The molecule has 10 heteroatoms. The first-order valence-corrected chi connectivity index (χ1v) is 11.4. The Hall–Kier alpha value is -4.99. The number of H-pyrrole nitrogens is 2. The molecule has 1 amide bonds. The lowest BCUT2D eigenvalue weighted by molar-refractivity contribution is -0.118. The number of fused-ring (bicyclic) bond motifs is 2. The van der Waals surface area contributed by atoms with Gasteiger partial charge in [0.05, 0.1) is 40.3 Å². The zero-order valence-electron chi connectivity index (χ0n) is 19.5. The number of nitrogens with one attached hydrogen (secondary N) is 3. The molecule has 0 spiro atoms. The quantitative estimate of drug-likeness (QED) is 0.331. The highest BCUT2D eigenvalue weighted by molar-refractivity contribution is 5.96. The van der Waals surface area contributed by atoms with E-state index in [-0.39, 0.29) is 11.8 Å². The summed E-state index contributed by atoms with van der Waals surface area (Å²) >= 11 is 0. The van der Waals surface area contributed by atoms with E-state index < -0.39 is 0 Å². The zero-order chi connectivity index (χ0) is 24.6. The molecule has 0 aliphatic heterocycles. The number of amides is 1. The molecule has 0 aliphatic carbocycles. The van der Waals surface area contributed by atoms with Crippen LogP contribution >= 0.6 is 0 Å². The van der Waals surface area contributed by atoms with Crippen molar-refractivity contribution < 1.29 is 4.79 Å². The molecule has 0 unspecified atom stereocenters. The van der Waals surface area contributed by atoms with Crippen molar-refractivity contribution in [3.63, 3.8) is 0 Å². The van der Waals surface area contributed by atoms with Gasteiger partial charge in [-0.25, -0.2) is 9.97 Å². The molecule has 0 fully saturated rings. The van der Waals surface area contributed by atoms with Crippen molar-refractivity contribution >= 4 is 33.7 Å². The van der Waals surface area contributed by atoms with Gasteiger partial charge in [-0.1, -0.05) is 13.8 Å². The molecule has 6 heterocycles. The predicted octanol–water partition coefficient (Wildman–Crippen LogP) is 4.61. The smallest absolute Gasteiger partial charge is 0.226 e. The van der Waals surface area contributed by atoms with E-state index in [2.05, 4.69) is 35.5 Å². The molecule has 176 valence electrons. The van der Waals surface area contributed by atoms with Crippen LogP contribution in [-0.2, 0) is 4.79 Å². The number of aromatic nitrogens is 8. The number of aromatic amines is 2. The van der Waals surface area contributed by atoms with Gasteiger partial charge in [0.1, 0.15) is 5.52 Å². The van der Waals surface area contributed by atoms with Crippen LogP contribution in [0.25, 0.3) is 56.0 Å². The highest BCUT2D eigenvalue weighted by atomic mass is 16.1. The third kappa shape index (κ3) is 3.84. The van der Waals surface area contributed by atoms with Gasteiger partial charge >= 0.3 is 0 Å². The Kier molecular flexibility index (Phi) is 5.18. The Labute approximate surface area is 205 Å². The second-order valence-corrected chi connectivity index (χ2v) is 8.68. The van der Waals surface area contributed by atoms with Crippen molar-refractivity contribution in [3.05, 3.63) is 67.5 Å². The lowest BCUT2D eigenvalue weighted by atomic mass is 10.1. The fourth-order valence-electron chi connectivity index (χ4n) is 3.95. The van der Waals surface area contributed by atoms with Gasteiger partial charge in [0.2, 0.25) is 5.91 Å². The summed E-state index contributed by atoms with van der Waals surface area (Å²) in [6.07, 6.45) is 10.4. The van der Waals surface area contributed by atoms with E-state index in [0.29, 0.717) is 28.4 Å². The molecule has 0 saturated heterocycles. The van der Waals surface area contributed by atoms with E-state index in [9.17, 15) is 4.79 Å². The fourth-order valence-corrected chi connectivity index (χ4v) is 3.95. The van der Waals surface area contributed by atoms with E-state index in [0.717, 1.165) is 33.2 Å². The molecule has 6 aromatic rings. The summed E-state index contributed by atoms with van der Waals surface area (Å²) in [7, 11) is 0. The second-order valence-electron chi connectivity index (χ2n) is 8.68. The molecule has 10 nitrogen and oxygen atoms in total. The molecule has 0 radical (unpaired) electrons. The minimum absolute atomic E-state index is 0.0695. The van der Waals surface area contributed by atoms with E-state index in [4.69, 9.17) is 9.97 Å². The Morgan fingerprint density at radius 1 is 0.861 bits per heavy atom. The minimum Gasteiger partial charge on any atom is -0.335 e. The first kappa shape index (κ1) is 21.5. The van der Waals surface area contributed by atoms with Crippen LogP contribution < -0.4 is 5.32 Å². The number of nitrogens with zero attached hydrogens (tertiary/aromatic N) is 6. The van der Waals surface area contributed by atoms with Gasteiger partial charge in [0.25, 0.3) is 0 Å². The predicted molar refractivity (Wildman–Crippen MR) is 137 cm³/mol. The lowest BCUT2D eigenvalue weighted by Gasteiger charge is -2.08. The molecule has 0 atom stereocenters. The number of pyridine rings is 4. The van der Waals surface area contributed by atoms with E-state index in [1.165, 1.54) is 0 Å². The third-order valence-corrected chi connectivity index (χ3v) is 5.84. The SMILES string of the molecule is CC(C)C(=O)Nc1cncc(-c2ccc3[nH]nc(-c4nc5c(-c6ccncc6)cncc5[nH]4)c3n2)c1. The maximum Gasteiger partial charge on any atom is 0.226 e. The molecule has 6 rings (SSSR count). The highest BCUT2D eigenvalue weighted by Gasteiger charge is 2.17. The van der Waals surface area contributed by atoms with Gasteiger partial charge in [-0.2, -0.15) is 5.10 Å². The number of carbonyl (C=O) groups excluding carboxylic acids is 1. The molecule has 0 aromatic carbocycles. The molecular weight excluding hydrogens is 454 g/mol. The standard InChI is InChI=1S/C26H21N9O/c1-14(2)26(36)30-17-9-16(10-28-11-17)19-3-4-20-23(31-19)24(35-34-20)25-32-21-13-29-12-18(22(21)33-25)15-5-7-27-8-6-15/h3-14H,1-2H3,(H,30,36)(H,32,33)(H,34,35). The third-order valence-electron chi connectivity index (χ3n) is 5.84. The van der Waals surface area contributed by atoms with Gasteiger partial charge in [0, 0.05) is 41.8 Å². The van der Waals surface area contributed by atoms with Gasteiger partial charge in [-0.15, -0.1) is 0 Å². The van der Waals surface area contributed by atoms with E-state index in [1.54, 1.807) is 37.2 Å². The Morgan fingerprint density at radius 2 is 1.69 bits per heavy atom. The van der Waals surface area contributed by atoms with Crippen molar-refractivity contribution in [2.75, 3.05) is 5.32 Å². The molecule has 0 bridgehead atoms. The number of imidazole rings is 1. The number of rotatable bonds is 5. The Morgan fingerprint density at radius 3 is 2.53 bits per heavy atom. The van der Waals surface area contributed by atoms with Crippen LogP contribution in [0.15, 0.2) is 67.5 Å². The van der Waals surface area contributed by atoms with Crippen LogP contribution in [0.1, 0.15) is 13.8 Å². The van der Waals surface area contributed by atoms with Crippen molar-refractivity contribution in [1.82, 2.24) is 40.1 Å². The summed E-state index contributed by atoms with van der Waals surface area (Å²) in [5, 5.41) is 10.4. The molecular formula is C26H21N9O. The minimum atomic E-state index is -0.130. The summed E-state index contributed by atoms with van der Waals surface area (Å²) < 4.78 is 0. The van der Waals surface area contributed by atoms with E-state index in [1.807, 2.05) is 44.2 Å². The summed E-state index contributed by atoms with van der Waals surface area (Å²) in [6.45, 7) is 3.69. The number of hydrogen-bond acceptors (Lipinski definition) is 7. The molecule has 3 N–H and O–H groups in total. The second kappa shape index (κ2) is 8.66. The monoisotopic (exact) mass is 475 g/mol. The summed E-state index contributed by atoms with van der Waals surface area (Å²) in [5.74, 6) is 0.384.